The van der Waals surface area contributed by atoms with Crippen molar-refractivity contribution in [2.45, 2.75) is 13.3 Å². The summed E-state index contributed by atoms with van der Waals surface area (Å²) in [5, 5.41) is 3.13. The normalized spacial score (nSPS) is 13.2. The molecule has 0 amide bonds. The number of ether oxygens (including phenoxy) is 1. The zero-order valence-electron chi connectivity index (χ0n) is 8.05. The van der Waals surface area contributed by atoms with Gasteiger partial charge in [0.15, 0.2) is 0 Å². The van der Waals surface area contributed by atoms with Gasteiger partial charge in [-0.05, 0) is 32.0 Å². The second kappa shape index (κ2) is 8.34. The van der Waals surface area contributed by atoms with Gasteiger partial charge in [0.05, 0.1) is 12.9 Å². The second-order valence-corrected chi connectivity index (χ2v) is 2.89. The first-order valence-electron chi connectivity index (χ1n) is 4.35. The predicted molar refractivity (Wildman–Crippen MR) is 53.0 cm³/mol. The summed E-state index contributed by atoms with van der Waals surface area (Å²) in [7, 11) is 1.97. The lowest BCUT2D eigenvalue weighted by Crippen LogP contribution is -2.17. The number of nitrogens with one attached hydrogen (secondary N) is 1. The Morgan fingerprint density at radius 2 is 2.33 bits per heavy atom. The van der Waals surface area contributed by atoms with E-state index in [1.807, 2.05) is 7.05 Å². The number of rotatable bonds is 7. The third-order valence-electron chi connectivity index (χ3n) is 1.59. The highest BCUT2D eigenvalue weighted by molar-refractivity contribution is 4.92. The zero-order chi connectivity index (χ0) is 9.23. The highest BCUT2D eigenvalue weighted by Crippen LogP contribution is 1.99. The third-order valence-corrected chi connectivity index (χ3v) is 1.59. The second-order valence-electron chi connectivity index (χ2n) is 2.89. The third kappa shape index (κ3) is 7.35. The molecule has 2 heteroatoms. The van der Waals surface area contributed by atoms with Crippen LogP contribution in [-0.4, -0.2) is 20.2 Å². The van der Waals surface area contributed by atoms with Gasteiger partial charge in [0.25, 0.3) is 0 Å². The van der Waals surface area contributed by atoms with E-state index in [1.165, 1.54) is 0 Å². The molecule has 0 heterocycles. The fraction of sp³-hybridized carbons (Fsp3) is 0.600. The molecular formula is C10H19NO. The van der Waals surface area contributed by atoms with E-state index < -0.39 is 0 Å². The largest absolute Gasteiger partial charge is 0.501 e. The predicted octanol–water partition coefficient (Wildman–Crippen LogP) is 1.95. The molecule has 0 aliphatic rings. The molecule has 0 aliphatic heterocycles. The maximum Gasteiger partial charge on any atom is 0.0876 e. The van der Waals surface area contributed by atoms with E-state index in [1.54, 1.807) is 18.4 Å². The van der Waals surface area contributed by atoms with Crippen molar-refractivity contribution in [1.82, 2.24) is 5.32 Å². The molecule has 0 aliphatic carbocycles. The molecule has 0 aromatic rings. The van der Waals surface area contributed by atoms with Crippen LogP contribution >= 0.6 is 0 Å². The molecule has 0 spiro atoms. The molecule has 0 radical (unpaired) electrons. The molecule has 1 unspecified atom stereocenters. The van der Waals surface area contributed by atoms with E-state index in [0.717, 1.165) is 19.6 Å². The van der Waals surface area contributed by atoms with Gasteiger partial charge in [-0.15, -0.1) is 0 Å². The smallest absolute Gasteiger partial charge is 0.0876 e. The van der Waals surface area contributed by atoms with Crippen LogP contribution < -0.4 is 5.32 Å². The van der Waals surface area contributed by atoms with Crippen LogP contribution in [0.4, 0.5) is 0 Å². The van der Waals surface area contributed by atoms with Crippen molar-refractivity contribution in [2.24, 2.45) is 5.92 Å². The van der Waals surface area contributed by atoms with E-state index in [4.69, 9.17) is 4.74 Å². The van der Waals surface area contributed by atoms with Crippen molar-refractivity contribution >= 4 is 0 Å². The first-order chi connectivity index (χ1) is 5.81. The Morgan fingerprint density at radius 3 is 2.92 bits per heavy atom. The van der Waals surface area contributed by atoms with Crippen LogP contribution in [0.3, 0.4) is 0 Å². The monoisotopic (exact) mass is 169 g/mol. The fourth-order valence-electron chi connectivity index (χ4n) is 0.899. The average Bonchev–Trinajstić information content (AvgIpc) is 2.05. The summed E-state index contributed by atoms with van der Waals surface area (Å²) in [4.78, 5) is 0. The molecule has 0 aromatic heterocycles. The SMILES string of the molecule is C=C/C=C/OCCC(C)CNC. The minimum Gasteiger partial charge on any atom is -0.501 e. The van der Waals surface area contributed by atoms with Crippen molar-refractivity contribution in [1.29, 1.82) is 0 Å². The molecule has 1 atom stereocenters. The van der Waals surface area contributed by atoms with Crippen molar-refractivity contribution in [3.63, 3.8) is 0 Å². The lowest BCUT2D eigenvalue weighted by Gasteiger charge is -2.09. The number of hydrogen-bond donors (Lipinski definition) is 1. The van der Waals surface area contributed by atoms with E-state index in [0.29, 0.717) is 5.92 Å². The van der Waals surface area contributed by atoms with Crippen molar-refractivity contribution in [3.8, 4) is 0 Å². The molecule has 0 bridgehead atoms. The summed E-state index contributed by atoms with van der Waals surface area (Å²) in [6.45, 7) is 7.59. The van der Waals surface area contributed by atoms with Crippen molar-refractivity contribution < 1.29 is 4.74 Å². The molecule has 0 rings (SSSR count). The van der Waals surface area contributed by atoms with Crippen LogP contribution in [-0.2, 0) is 4.74 Å². The molecule has 1 N–H and O–H groups in total. The zero-order valence-corrected chi connectivity index (χ0v) is 8.05. The molecule has 0 saturated heterocycles. The van der Waals surface area contributed by atoms with Crippen molar-refractivity contribution in [3.05, 3.63) is 25.0 Å². The van der Waals surface area contributed by atoms with E-state index >= 15 is 0 Å². The van der Waals surface area contributed by atoms with Gasteiger partial charge < -0.3 is 10.1 Å². The van der Waals surface area contributed by atoms with Gasteiger partial charge in [0, 0.05) is 0 Å². The van der Waals surface area contributed by atoms with Gasteiger partial charge in [0.1, 0.15) is 0 Å². The summed E-state index contributed by atoms with van der Waals surface area (Å²) in [6, 6.07) is 0. The summed E-state index contributed by atoms with van der Waals surface area (Å²) < 4.78 is 5.21. The molecule has 0 fully saturated rings. The minimum absolute atomic E-state index is 0.673. The number of allylic oxidation sites excluding steroid dienone is 2. The van der Waals surface area contributed by atoms with E-state index in [9.17, 15) is 0 Å². The van der Waals surface area contributed by atoms with Gasteiger partial charge in [0.2, 0.25) is 0 Å². The Kier molecular flexibility index (Phi) is 7.81. The minimum atomic E-state index is 0.673. The molecule has 2 nitrogen and oxygen atoms in total. The lowest BCUT2D eigenvalue weighted by molar-refractivity contribution is 0.225. The van der Waals surface area contributed by atoms with Crippen LogP contribution in [0.2, 0.25) is 0 Å². The molecular weight excluding hydrogens is 150 g/mol. The molecule has 0 aromatic carbocycles. The van der Waals surface area contributed by atoms with Crippen LogP contribution in [0.25, 0.3) is 0 Å². The first-order valence-corrected chi connectivity index (χ1v) is 4.35. The highest BCUT2D eigenvalue weighted by Gasteiger charge is 1.98. The standard InChI is InChI=1S/C10H19NO/c1-4-5-7-12-8-6-10(2)9-11-3/h4-5,7,10-11H,1,6,8-9H2,2-3H3/b7-5+. The van der Waals surface area contributed by atoms with Gasteiger partial charge in [-0.1, -0.05) is 19.6 Å². The topological polar surface area (TPSA) is 21.3 Å². The molecule has 12 heavy (non-hydrogen) atoms. The van der Waals surface area contributed by atoms with Crippen molar-refractivity contribution in [2.75, 3.05) is 20.2 Å². The average molecular weight is 169 g/mol. The Bertz CT molecular complexity index is 132. The van der Waals surface area contributed by atoms with Gasteiger partial charge in [-0.25, -0.2) is 0 Å². The lowest BCUT2D eigenvalue weighted by atomic mass is 10.1. The van der Waals surface area contributed by atoms with Crippen LogP contribution in [0.5, 0.6) is 0 Å². The molecule has 70 valence electrons. The van der Waals surface area contributed by atoms with E-state index in [-0.39, 0.29) is 0 Å². The van der Waals surface area contributed by atoms with E-state index in [2.05, 4.69) is 18.8 Å². The molecule has 0 saturated carbocycles. The van der Waals surface area contributed by atoms with Gasteiger partial charge in [-0.3, -0.25) is 0 Å². The summed E-state index contributed by atoms with van der Waals surface area (Å²) in [5.74, 6) is 0.673. The van der Waals surface area contributed by atoms with Crippen LogP contribution in [0, 0.1) is 5.92 Å². The Labute approximate surface area is 75.3 Å². The van der Waals surface area contributed by atoms with Crippen LogP contribution in [0.1, 0.15) is 13.3 Å². The quantitative estimate of drug-likeness (QED) is 0.357. The summed E-state index contributed by atoms with van der Waals surface area (Å²) in [6.07, 6.45) is 6.27. The Balaban J connectivity index is 3.18. The van der Waals surface area contributed by atoms with Gasteiger partial charge >= 0.3 is 0 Å². The summed E-state index contributed by atoms with van der Waals surface area (Å²) >= 11 is 0. The maximum absolute atomic E-state index is 5.21. The first kappa shape index (κ1) is 11.2. The highest BCUT2D eigenvalue weighted by atomic mass is 16.5. The Hall–Kier alpha value is -0.760. The van der Waals surface area contributed by atoms with Gasteiger partial charge in [-0.2, -0.15) is 0 Å². The number of hydrogen-bond acceptors (Lipinski definition) is 2. The Morgan fingerprint density at radius 1 is 1.58 bits per heavy atom. The maximum atomic E-state index is 5.21. The fourth-order valence-corrected chi connectivity index (χ4v) is 0.899. The van der Waals surface area contributed by atoms with Crippen LogP contribution in [0.15, 0.2) is 25.0 Å². The summed E-state index contributed by atoms with van der Waals surface area (Å²) in [5.41, 5.74) is 0.